The lowest BCUT2D eigenvalue weighted by molar-refractivity contribution is 0.577. The molecular weight excluding hydrogens is 396 g/mol. The Hall–Kier alpha value is -3.16. The molecule has 30 heavy (non-hydrogen) atoms. The number of para-hydroxylation sites is 1. The second-order valence-electron chi connectivity index (χ2n) is 7.37. The third-order valence-corrected chi connectivity index (χ3v) is 6.64. The first-order valence-corrected chi connectivity index (χ1v) is 11.2. The van der Waals surface area contributed by atoms with Crippen LogP contribution in [0.3, 0.4) is 0 Å². The number of sulfonamides is 1. The lowest BCUT2D eigenvalue weighted by Crippen LogP contribution is -2.29. The summed E-state index contributed by atoms with van der Waals surface area (Å²) in [4.78, 5) is 9.42. The van der Waals surface area contributed by atoms with Crippen LogP contribution >= 0.6 is 0 Å². The van der Waals surface area contributed by atoms with E-state index in [4.69, 9.17) is 0 Å². The van der Waals surface area contributed by atoms with Crippen LogP contribution in [0.5, 0.6) is 0 Å². The molecule has 4 rings (SSSR count). The van der Waals surface area contributed by atoms with Crippen molar-refractivity contribution in [1.82, 2.24) is 14.7 Å². The molecule has 0 radical (unpaired) electrons. The van der Waals surface area contributed by atoms with Crippen LogP contribution in [0, 0.1) is 0 Å². The standard InChI is InChI=1S/C23H24N4O2S/c1-27(2)18-11-9-17(10-12-18)21(22-15-25-23-8-4-3-7-20(22)23)16-26-30(28,29)19-6-5-13-24-14-19/h3-15,21,25-26H,16H2,1-2H3. The maximum atomic E-state index is 12.8. The van der Waals surface area contributed by atoms with Crippen LogP contribution in [0.1, 0.15) is 17.0 Å². The molecule has 4 aromatic rings. The number of rotatable bonds is 7. The number of fused-ring (bicyclic) bond motifs is 1. The molecule has 0 fully saturated rings. The van der Waals surface area contributed by atoms with Gasteiger partial charge in [0, 0.05) is 61.7 Å². The second kappa shape index (κ2) is 8.30. The number of hydrogen-bond donors (Lipinski definition) is 2. The fourth-order valence-electron chi connectivity index (χ4n) is 3.58. The van der Waals surface area contributed by atoms with Gasteiger partial charge in [0.1, 0.15) is 4.90 Å². The summed E-state index contributed by atoms with van der Waals surface area (Å²) >= 11 is 0. The van der Waals surface area contributed by atoms with Gasteiger partial charge < -0.3 is 9.88 Å². The van der Waals surface area contributed by atoms with Crippen molar-refractivity contribution in [3.05, 3.63) is 90.4 Å². The lowest BCUT2D eigenvalue weighted by Gasteiger charge is -2.20. The number of aromatic nitrogens is 2. The number of H-pyrrole nitrogens is 1. The van der Waals surface area contributed by atoms with Crippen LogP contribution in [0.2, 0.25) is 0 Å². The van der Waals surface area contributed by atoms with Crippen LogP contribution in [0.25, 0.3) is 10.9 Å². The summed E-state index contributed by atoms with van der Waals surface area (Å²) in [6, 6.07) is 19.4. The quantitative estimate of drug-likeness (QED) is 0.477. The van der Waals surface area contributed by atoms with Gasteiger partial charge in [0.25, 0.3) is 0 Å². The molecule has 2 aromatic carbocycles. The molecule has 0 aliphatic rings. The van der Waals surface area contributed by atoms with Crippen LogP contribution in [-0.2, 0) is 10.0 Å². The van der Waals surface area contributed by atoms with E-state index in [0.717, 1.165) is 27.7 Å². The van der Waals surface area contributed by atoms with E-state index in [0.29, 0.717) is 0 Å². The zero-order chi connectivity index (χ0) is 21.1. The molecule has 1 atom stereocenters. The number of pyridine rings is 1. The summed E-state index contributed by atoms with van der Waals surface area (Å²) in [7, 11) is 0.328. The smallest absolute Gasteiger partial charge is 0.242 e. The average molecular weight is 421 g/mol. The second-order valence-corrected chi connectivity index (χ2v) is 9.14. The molecule has 2 N–H and O–H groups in total. The Labute approximate surface area is 176 Å². The van der Waals surface area contributed by atoms with Gasteiger partial charge in [-0.05, 0) is 41.5 Å². The first kappa shape index (κ1) is 20.1. The molecule has 0 amide bonds. The van der Waals surface area contributed by atoms with Crippen LogP contribution in [0.4, 0.5) is 5.69 Å². The summed E-state index contributed by atoms with van der Waals surface area (Å²) in [5.41, 5.74) is 4.21. The maximum absolute atomic E-state index is 12.8. The third-order valence-electron chi connectivity index (χ3n) is 5.23. The predicted octanol–water partition coefficient (Wildman–Crippen LogP) is 3.74. The minimum Gasteiger partial charge on any atom is -0.378 e. The van der Waals surface area contributed by atoms with Crippen molar-refractivity contribution >= 4 is 26.6 Å². The molecule has 0 bridgehead atoms. The SMILES string of the molecule is CN(C)c1ccc(C(CNS(=O)(=O)c2cccnc2)c2c[nH]c3ccccc23)cc1. The molecular formula is C23H24N4O2S. The van der Waals surface area contributed by atoms with Crippen LogP contribution in [-0.4, -0.2) is 39.0 Å². The number of nitrogens with one attached hydrogen (secondary N) is 2. The third kappa shape index (κ3) is 4.08. The highest BCUT2D eigenvalue weighted by Crippen LogP contribution is 2.31. The van der Waals surface area contributed by atoms with E-state index in [2.05, 4.69) is 32.9 Å². The van der Waals surface area contributed by atoms with Crippen molar-refractivity contribution < 1.29 is 8.42 Å². The van der Waals surface area contributed by atoms with E-state index in [1.54, 1.807) is 18.3 Å². The molecule has 6 nitrogen and oxygen atoms in total. The Morgan fingerprint density at radius 2 is 1.80 bits per heavy atom. The van der Waals surface area contributed by atoms with Crippen LogP contribution < -0.4 is 9.62 Å². The molecule has 2 aromatic heterocycles. The number of anilines is 1. The Morgan fingerprint density at radius 3 is 2.50 bits per heavy atom. The van der Waals surface area contributed by atoms with E-state index in [1.165, 1.54) is 6.20 Å². The predicted molar refractivity (Wildman–Crippen MR) is 120 cm³/mol. The molecule has 0 aliphatic carbocycles. The summed E-state index contributed by atoms with van der Waals surface area (Å²) in [6.07, 6.45) is 4.88. The van der Waals surface area contributed by atoms with E-state index in [1.807, 2.05) is 55.5 Å². The average Bonchev–Trinajstić information content (AvgIpc) is 3.19. The highest BCUT2D eigenvalue weighted by atomic mass is 32.2. The summed E-state index contributed by atoms with van der Waals surface area (Å²) in [5, 5.41) is 1.08. The molecule has 0 saturated heterocycles. The summed E-state index contributed by atoms with van der Waals surface area (Å²) < 4.78 is 28.3. The molecule has 0 spiro atoms. The Balaban J connectivity index is 1.70. The monoisotopic (exact) mass is 420 g/mol. The zero-order valence-electron chi connectivity index (χ0n) is 16.9. The minimum absolute atomic E-state index is 0.149. The van der Waals surface area contributed by atoms with Gasteiger partial charge >= 0.3 is 0 Å². The number of nitrogens with zero attached hydrogens (tertiary/aromatic N) is 2. The highest BCUT2D eigenvalue weighted by Gasteiger charge is 2.22. The molecule has 0 aliphatic heterocycles. The van der Waals surface area contributed by atoms with Crippen LogP contribution in [0.15, 0.2) is 84.1 Å². The van der Waals surface area contributed by atoms with Gasteiger partial charge in [0.2, 0.25) is 10.0 Å². The molecule has 1 unspecified atom stereocenters. The fourth-order valence-corrected chi connectivity index (χ4v) is 4.59. The van der Waals surface area contributed by atoms with E-state index >= 15 is 0 Å². The molecule has 7 heteroatoms. The van der Waals surface area contributed by atoms with Gasteiger partial charge in [-0.2, -0.15) is 0 Å². The van der Waals surface area contributed by atoms with Gasteiger partial charge in [0.15, 0.2) is 0 Å². The summed E-state index contributed by atoms with van der Waals surface area (Å²) in [5.74, 6) is -0.149. The summed E-state index contributed by atoms with van der Waals surface area (Å²) in [6.45, 7) is 0.236. The first-order chi connectivity index (χ1) is 14.5. The maximum Gasteiger partial charge on any atom is 0.242 e. The van der Waals surface area contributed by atoms with Gasteiger partial charge in [-0.1, -0.05) is 30.3 Å². The van der Waals surface area contributed by atoms with Gasteiger partial charge in [-0.25, -0.2) is 13.1 Å². The first-order valence-electron chi connectivity index (χ1n) is 9.69. The minimum atomic E-state index is -3.66. The van der Waals surface area contributed by atoms with Crippen molar-refractivity contribution in [2.24, 2.45) is 0 Å². The van der Waals surface area contributed by atoms with Crippen molar-refractivity contribution in [1.29, 1.82) is 0 Å². The van der Waals surface area contributed by atoms with Crippen molar-refractivity contribution in [3.8, 4) is 0 Å². The highest BCUT2D eigenvalue weighted by molar-refractivity contribution is 7.89. The number of aromatic amines is 1. The van der Waals surface area contributed by atoms with E-state index in [9.17, 15) is 8.42 Å². The zero-order valence-corrected chi connectivity index (χ0v) is 17.7. The topological polar surface area (TPSA) is 78.1 Å². The fraction of sp³-hybridized carbons (Fsp3) is 0.174. The van der Waals surface area contributed by atoms with Gasteiger partial charge in [-0.15, -0.1) is 0 Å². The van der Waals surface area contributed by atoms with E-state index < -0.39 is 10.0 Å². The van der Waals surface area contributed by atoms with E-state index in [-0.39, 0.29) is 17.4 Å². The van der Waals surface area contributed by atoms with Gasteiger partial charge in [0.05, 0.1) is 0 Å². The number of benzene rings is 2. The van der Waals surface area contributed by atoms with Crippen molar-refractivity contribution in [2.75, 3.05) is 25.5 Å². The molecule has 0 saturated carbocycles. The normalized spacial score (nSPS) is 12.7. The Bertz CT molecular complexity index is 1230. The van der Waals surface area contributed by atoms with Crippen molar-refractivity contribution in [2.45, 2.75) is 10.8 Å². The molecule has 2 heterocycles. The van der Waals surface area contributed by atoms with Gasteiger partial charge in [-0.3, -0.25) is 4.98 Å². The Morgan fingerprint density at radius 1 is 1.03 bits per heavy atom. The molecule has 154 valence electrons. The lowest BCUT2D eigenvalue weighted by atomic mass is 9.91. The largest absolute Gasteiger partial charge is 0.378 e. The Kier molecular flexibility index (Phi) is 5.57. The van der Waals surface area contributed by atoms with Crippen molar-refractivity contribution in [3.63, 3.8) is 0 Å². The number of hydrogen-bond acceptors (Lipinski definition) is 4.